The van der Waals surface area contributed by atoms with Crippen LogP contribution in [0.25, 0.3) is 32.8 Å². The van der Waals surface area contributed by atoms with Gasteiger partial charge in [0.2, 0.25) is 5.69 Å². The first-order chi connectivity index (χ1) is 15.0. The van der Waals surface area contributed by atoms with Crippen molar-refractivity contribution < 1.29 is 4.57 Å². The lowest BCUT2D eigenvalue weighted by Crippen LogP contribution is -2.37. The van der Waals surface area contributed by atoms with Gasteiger partial charge in [0.05, 0.1) is 10.9 Å². The number of pyridine rings is 1. The molecule has 1 unspecified atom stereocenters. The van der Waals surface area contributed by atoms with E-state index in [9.17, 15) is 0 Å². The second-order valence-corrected chi connectivity index (χ2v) is 12.1. The lowest BCUT2D eigenvalue weighted by atomic mass is 9.83. The molecule has 0 saturated carbocycles. The van der Waals surface area contributed by atoms with Gasteiger partial charge in [0.25, 0.3) is 0 Å². The summed E-state index contributed by atoms with van der Waals surface area (Å²) in [6.45, 7) is 9.56. The molecule has 3 aromatic carbocycles. The van der Waals surface area contributed by atoms with Crippen LogP contribution >= 0.6 is 7.92 Å². The Morgan fingerprint density at radius 3 is 2.71 bits per heavy atom. The lowest BCUT2D eigenvalue weighted by Gasteiger charge is -2.32. The SMILES string of the molecule is Cc1c2c(c3c4c(cccc14)CCC3)P(C)c1cc(CC(C)C)cc3cc[n+](C)c-2c13. The van der Waals surface area contributed by atoms with Crippen LogP contribution in [0.5, 0.6) is 0 Å². The molecule has 31 heavy (non-hydrogen) atoms. The summed E-state index contributed by atoms with van der Waals surface area (Å²) in [5.41, 5.74) is 9.17. The molecule has 1 aliphatic carbocycles. The van der Waals surface area contributed by atoms with Gasteiger partial charge in [-0.1, -0.05) is 44.2 Å². The summed E-state index contributed by atoms with van der Waals surface area (Å²) in [6, 6.07) is 14.3. The average molecular weight is 425 g/mol. The van der Waals surface area contributed by atoms with Crippen LogP contribution < -0.4 is 15.2 Å². The highest BCUT2D eigenvalue weighted by Gasteiger charge is 2.35. The Morgan fingerprint density at radius 2 is 1.90 bits per heavy atom. The summed E-state index contributed by atoms with van der Waals surface area (Å²) in [6.07, 6.45) is 7.16. The van der Waals surface area contributed by atoms with Crippen LogP contribution in [0.2, 0.25) is 0 Å². The number of hydrogen-bond donors (Lipinski definition) is 0. The summed E-state index contributed by atoms with van der Waals surface area (Å²) in [5, 5.41) is 9.25. The molecule has 0 amide bonds. The third-order valence-corrected chi connectivity index (χ3v) is 9.72. The van der Waals surface area contributed by atoms with Gasteiger partial charge in [0.15, 0.2) is 6.20 Å². The van der Waals surface area contributed by atoms with Crippen LogP contribution in [-0.4, -0.2) is 6.66 Å². The quantitative estimate of drug-likeness (QED) is 0.280. The number of aromatic nitrogens is 1. The van der Waals surface area contributed by atoms with Gasteiger partial charge in [-0.3, -0.25) is 0 Å². The van der Waals surface area contributed by atoms with Gasteiger partial charge in [-0.2, -0.15) is 0 Å². The maximum Gasteiger partial charge on any atom is 0.221 e. The zero-order valence-corrected chi connectivity index (χ0v) is 20.2. The van der Waals surface area contributed by atoms with Crippen molar-refractivity contribution in [2.75, 3.05) is 6.66 Å². The smallest absolute Gasteiger partial charge is 0.200 e. The van der Waals surface area contributed by atoms with Crippen molar-refractivity contribution >= 4 is 40.1 Å². The van der Waals surface area contributed by atoms with Crippen LogP contribution in [-0.2, 0) is 26.3 Å². The van der Waals surface area contributed by atoms with Crippen LogP contribution in [0.1, 0.15) is 42.5 Å². The monoisotopic (exact) mass is 424 g/mol. The molecule has 0 spiro atoms. The van der Waals surface area contributed by atoms with Gasteiger partial charge >= 0.3 is 0 Å². The van der Waals surface area contributed by atoms with E-state index in [1.807, 2.05) is 0 Å². The molecular formula is C29H31NP+. The summed E-state index contributed by atoms with van der Waals surface area (Å²) >= 11 is 0. The fraction of sp³-hybridized carbons (Fsp3) is 0.345. The molecule has 0 fully saturated rings. The van der Waals surface area contributed by atoms with E-state index in [0.29, 0.717) is 5.92 Å². The van der Waals surface area contributed by atoms with E-state index < -0.39 is 0 Å². The predicted molar refractivity (Wildman–Crippen MR) is 135 cm³/mol. The highest BCUT2D eigenvalue weighted by Crippen LogP contribution is 2.48. The number of nitrogens with zero attached hydrogens (tertiary/aromatic N) is 1. The van der Waals surface area contributed by atoms with Crippen LogP contribution in [0.3, 0.4) is 0 Å². The number of rotatable bonds is 2. The van der Waals surface area contributed by atoms with Crippen LogP contribution in [0.15, 0.2) is 42.6 Å². The van der Waals surface area contributed by atoms with E-state index in [4.69, 9.17) is 0 Å². The van der Waals surface area contributed by atoms with E-state index in [-0.39, 0.29) is 7.92 Å². The summed E-state index contributed by atoms with van der Waals surface area (Å²) in [5.74, 6) is 0.679. The number of benzene rings is 3. The Morgan fingerprint density at radius 1 is 1.06 bits per heavy atom. The molecule has 1 aromatic heterocycles. The Balaban J connectivity index is 1.79. The molecule has 1 nitrogen and oxygen atoms in total. The second kappa shape index (κ2) is 6.88. The molecule has 4 aromatic rings. The Hall–Kier alpha value is -2.24. The van der Waals surface area contributed by atoms with Crippen molar-refractivity contribution in [3.8, 4) is 11.3 Å². The Labute approximate surface area is 186 Å². The molecule has 0 saturated heterocycles. The maximum absolute atomic E-state index is 2.56. The van der Waals surface area contributed by atoms with Crippen molar-refractivity contribution in [2.24, 2.45) is 13.0 Å². The van der Waals surface area contributed by atoms with Crippen molar-refractivity contribution in [1.82, 2.24) is 0 Å². The zero-order chi connectivity index (χ0) is 21.4. The van der Waals surface area contributed by atoms with E-state index in [2.05, 4.69) is 81.6 Å². The largest absolute Gasteiger partial charge is 0.221 e. The van der Waals surface area contributed by atoms with E-state index in [1.54, 1.807) is 27.1 Å². The predicted octanol–water partition coefficient (Wildman–Crippen LogP) is 5.86. The van der Waals surface area contributed by atoms with Crippen molar-refractivity contribution in [2.45, 2.75) is 46.5 Å². The molecule has 6 rings (SSSR count). The first-order valence-electron chi connectivity index (χ1n) is 11.7. The molecule has 1 atom stereocenters. The van der Waals surface area contributed by atoms with Gasteiger partial charge in [-0.25, -0.2) is 4.57 Å². The van der Waals surface area contributed by atoms with Crippen LogP contribution in [0, 0.1) is 12.8 Å². The first kappa shape index (κ1) is 19.4. The zero-order valence-electron chi connectivity index (χ0n) is 19.3. The molecule has 2 aliphatic rings. The molecule has 2 heteroatoms. The third kappa shape index (κ3) is 2.69. The standard InChI is InChI=1S/C29H31NP/c1-17(2)14-19-15-21-12-13-30(4)28-25-18(3)22-10-6-8-20-9-7-11-23(26(20)22)29(25)31(5)24(16-19)27(21)28/h6,8,10,12-13,15-17H,7,9,11,14H2,1-5H3/q+1. The van der Waals surface area contributed by atoms with E-state index in [1.165, 1.54) is 57.8 Å². The molecule has 0 radical (unpaired) electrons. The normalized spacial score (nSPS) is 16.9. The van der Waals surface area contributed by atoms with Gasteiger partial charge in [0, 0.05) is 6.07 Å². The molecule has 0 N–H and O–H groups in total. The summed E-state index contributed by atoms with van der Waals surface area (Å²) in [7, 11) is 1.86. The molecule has 1 aliphatic heterocycles. The van der Waals surface area contributed by atoms with Crippen molar-refractivity contribution in [3.63, 3.8) is 0 Å². The molecular weight excluding hydrogens is 393 g/mol. The topological polar surface area (TPSA) is 3.88 Å². The number of aryl methyl sites for hydroxylation is 4. The van der Waals surface area contributed by atoms with E-state index in [0.717, 1.165) is 6.42 Å². The molecule has 156 valence electrons. The second-order valence-electron chi connectivity index (χ2n) is 10.0. The third-order valence-electron chi connectivity index (χ3n) is 7.48. The fourth-order valence-corrected chi connectivity index (χ4v) is 8.64. The van der Waals surface area contributed by atoms with Gasteiger partial charge in [0.1, 0.15) is 7.05 Å². The first-order valence-corrected chi connectivity index (χ1v) is 13.5. The van der Waals surface area contributed by atoms with Crippen molar-refractivity contribution in [3.05, 3.63) is 64.8 Å². The Kier molecular flexibility index (Phi) is 4.31. The lowest BCUT2D eigenvalue weighted by molar-refractivity contribution is -0.659. The summed E-state index contributed by atoms with van der Waals surface area (Å²) in [4.78, 5) is 0. The average Bonchev–Trinajstić information content (AvgIpc) is 2.75. The minimum atomic E-state index is -0.374. The van der Waals surface area contributed by atoms with Gasteiger partial charge in [-0.05, 0) is 102 Å². The minimum absolute atomic E-state index is 0.374. The molecule has 2 heterocycles. The highest BCUT2D eigenvalue weighted by molar-refractivity contribution is 7.73. The summed E-state index contributed by atoms with van der Waals surface area (Å²) < 4.78 is 2.38. The fourth-order valence-electron chi connectivity index (χ4n) is 6.24. The van der Waals surface area contributed by atoms with Gasteiger partial charge < -0.3 is 0 Å². The van der Waals surface area contributed by atoms with Crippen LogP contribution in [0.4, 0.5) is 0 Å². The molecule has 0 bridgehead atoms. The number of hydrogen-bond acceptors (Lipinski definition) is 0. The number of fused-ring (bicyclic) bond motifs is 3. The maximum atomic E-state index is 2.56. The highest BCUT2D eigenvalue weighted by atomic mass is 31.1. The van der Waals surface area contributed by atoms with E-state index >= 15 is 0 Å². The minimum Gasteiger partial charge on any atom is -0.200 e. The van der Waals surface area contributed by atoms with Gasteiger partial charge in [-0.15, -0.1) is 0 Å². The Bertz CT molecular complexity index is 1400. The van der Waals surface area contributed by atoms with Crippen molar-refractivity contribution in [1.29, 1.82) is 0 Å².